The minimum Gasteiger partial charge on any atom is -0.465 e. The summed E-state index contributed by atoms with van der Waals surface area (Å²) in [5.74, 6) is -1.11. The Bertz CT molecular complexity index is 484. The number of hydrogen-bond acceptors (Lipinski definition) is 5. The van der Waals surface area contributed by atoms with Gasteiger partial charge >= 0.3 is 12.1 Å². The molecule has 1 heterocycles. The minimum absolute atomic E-state index is 0.146. The summed E-state index contributed by atoms with van der Waals surface area (Å²) < 4.78 is 41.5. The van der Waals surface area contributed by atoms with Crippen molar-refractivity contribution in [1.82, 2.24) is 9.97 Å². The molecule has 18 heavy (non-hydrogen) atoms. The third-order valence-corrected chi connectivity index (χ3v) is 1.74. The quantitative estimate of drug-likeness (QED) is 0.785. The number of anilines is 1. The van der Waals surface area contributed by atoms with E-state index < -0.39 is 35.9 Å². The van der Waals surface area contributed by atoms with E-state index >= 15 is 0 Å². The molecule has 0 bridgehead atoms. The van der Waals surface area contributed by atoms with Crippen molar-refractivity contribution in [3.05, 3.63) is 22.1 Å². The first kappa shape index (κ1) is 14.0. The molecular formula is C9H10F3N3O3. The van der Waals surface area contributed by atoms with Crippen LogP contribution in [-0.4, -0.2) is 29.1 Å². The van der Waals surface area contributed by atoms with Gasteiger partial charge in [0.05, 0.1) is 6.61 Å². The van der Waals surface area contributed by atoms with Crippen LogP contribution in [0.25, 0.3) is 0 Å². The van der Waals surface area contributed by atoms with E-state index in [1.54, 1.807) is 6.92 Å². The molecule has 1 aromatic rings. The maximum atomic E-state index is 12.3. The third kappa shape index (κ3) is 4.07. The summed E-state index contributed by atoms with van der Waals surface area (Å²) >= 11 is 0. The molecule has 0 saturated heterocycles. The number of H-pyrrole nitrogens is 1. The van der Waals surface area contributed by atoms with Gasteiger partial charge in [0.2, 0.25) is 5.95 Å². The van der Waals surface area contributed by atoms with Gasteiger partial charge in [-0.1, -0.05) is 0 Å². The lowest BCUT2D eigenvalue weighted by molar-refractivity contribution is -0.141. The second kappa shape index (κ2) is 5.52. The lowest BCUT2D eigenvalue weighted by Crippen LogP contribution is -2.22. The van der Waals surface area contributed by atoms with Gasteiger partial charge in [-0.05, 0) is 6.92 Å². The van der Waals surface area contributed by atoms with Crippen LogP contribution in [0.4, 0.5) is 19.1 Å². The van der Waals surface area contributed by atoms with Gasteiger partial charge in [0.15, 0.2) is 5.69 Å². The Morgan fingerprint density at radius 3 is 2.78 bits per heavy atom. The molecule has 9 heteroatoms. The summed E-state index contributed by atoms with van der Waals surface area (Å²) in [6, 6.07) is 0.329. The smallest absolute Gasteiger partial charge is 0.433 e. The molecule has 0 spiro atoms. The molecule has 1 rings (SSSR count). The topological polar surface area (TPSA) is 84.1 Å². The zero-order valence-corrected chi connectivity index (χ0v) is 9.30. The van der Waals surface area contributed by atoms with Crippen LogP contribution < -0.4 is 10.9 Å². The number of aromatic nitrogens is 2. The van der Waals surface area contributed by atoms with Crippen LogP contribution in [0, 0.1) is 0 Å². The van der Waals surface area contributed by atoms with E-state index in [2.05, 4.69) is 15.0 Å². The standard InChI is InChI=1S/C9H10F3N3O3/c1-2-18-7(17)4-13-8-14-5(9(10,11)12)3-6(16)15-8/h3H,2,4H2,1H3,(H2,13,14,15,16). The molecule has 0 aliphatic heterocycles. The Morgan fingerprint density at radius 2 is 2.22 bits per heavy atom. The first-order valence-corrected chi connectivity index (χ1v) is 4.91. The van der Waals surface area contributed by atoms with Crippen LogP contribution >= 0.6 is 0 Å². The van der Waals surface area contributed by atoms with Crippen molar-refractivity contribution in [2.45, 2.75) is 13.1 Å². The molecule has 100 valence electrons. The molecule has 0 fully saturated rings. The van der Waals surface area contributed by atoms with Gasteiger partial charge in [-0.25, -0.2) is 4.98 Å². The lowest BCUT2D eigenvalue weighted by Gasteiger charge is -2.08. The van der Waals surface area contributed by atoms with Crippen molar-refractivity contribution >= 4 is 11.9 Å². The monoisotopic (exact) mass is 265 g/mol. The third-order valence-electron chi connectivity index (χ3n) is 1.74. The summed E-state index contributed by atoms with van der Waals surface area (Å²) in [6.07, 6.45) is -4.73. The van der Waals surface area contributed by atoms with Crippen molar-refractivity contribution in [2.24, 2.45) is 0 Å². The van der Waals surface area contributed by atoms with Crippen molar-refractivity contribution in [3.8, 4) is 0 Å². The highest BCUT2D eigenvalue weighted by Crippen LogP contribution is 2.26. The predicted molar refractivity (Wildman–Crippen MR) is 55.0 cm³/mol. The van der Waals surface area contributed by atoms with Gasteiger partial charge in [-0.2, -0.15) is 13.2 Å². The fourth-order valence-corrected chi connectivity index (χ4v) is 1.05. The van der Waals surface area contributed by atoms with Gasteiger partial charge in [0.1, 0.15) is 6.54 Å². The maximum Gasteiger partial charge on any atom is 0.433 e. The average Bonchev–Trinajstić information content (AvgIpc) is 2.25. The molecule has 6 nitrogen and oxygen atoms in total. The van der Waals surface area contributed by atoms with Crippen molar-refractivity contribution in [3.63, 3.8) is 0 Å². The van der Waals surface area contributed by atoms with Gasteiger partial charge in [-0.3, -0.25) is 14.6 Å². The van der Waals surface area contributed by atoms with Crippen molar-refractivity contribution in [1.29, 1.82) is 0 Å². The molecule has 0 unspecified atom stereocenters. The fourth-order valence-electron chi connectivity index (χ4n) is 1.05. The molecule has 1 aromatic heterocycles. The summed E-state index contributed by atoms with van der Waals surface area (Å²) in [4.78, 5) is 27.1. The number of halogens is 3. The number of esters is 1. The number of nitrogens with one attached hydrogen (secondary N) is 2. The Hall–Kier alpha value is -2.06. The largest absolute Gasteiger partial charge is 0.465 e. The number of nitrogens with zero attached hydrogens (tertiary/aromatic N) is 1. The normalized spacial score (nSPS) is 11.1. The fraction of sp³-hybridized carbons (Fsp3) is 0.444. The predicted octanol–water partition coefficient (Wildman–Crippen LogP) is 0.764. The summed E-state index contributed by atoms with van der Waals surface area (Å²) in [7, 11) is 0. The summed E-state index contributed by atoms with van der Waals surface area (Å²) in [6.45, 7) is 1.34. The van der Waals surface area contributed by atoms with Crippen LogP contribution in [-0.2, 0) is 15.7 Å². The first-order chi connectivity index (χ1) is 8.32. The molecule has 0 radical (unpaired) electrons. The average molecular weight is 265 g/mol. The summed E-state index contributed by atoms with van der Waals surface area (Å²) in [5, 5.41) is 2.24. The number of rotatable bonds is 4. The molecule has 0 saturated carbocycles. The first-order valence-electron chi connectivity index (χ1n) is 4.91. The van der Waals surface area contributed by atoms with E-state index in [-0.39, 0.29) is 6.61 Å². The molecule has 0 aliphatic rings. The van der Waals surface area contributed by atoms with Crippen LogP contribution in [0.15, 0.2) is 10.9 Å². The number of alkyl halides is 3. The molecule has 0 atom stereocenters. The Morgan fingerprint density at radius 1 is 1.56 bits per heavy atom. The van der Waals surface area contributed by atoms with Crippen LogP contribution in [0.1, 0.15) is 12.6 Å². The number of hydrogen-bond donors (Lipinski definition) is 2. The molecule has 2 N–H and O–H groups in total. The second-order valence-electron chi connectivity index (χ2n) is 3.14. The minimum atomic E-state index is -4.73. The van der Waals surface area contributed by atoms with Gasteiger partial charge in [-0.15, -0.1) is 0 Å². The van der Waals surface area contributed by atoms with Gasteiger partial charge in [0, 0.05) is 6.07 Å². The van der Waals surface area contributed by atoms with Crippen molar-refractivity contribution < 1.29 is 22.7 Å². The van der Waals surface area contributed by atoms with E-state index in [0.717, 1.165) is 0 Å². The Balaban J connectivity index is 2.81. The van der Waals surface area contributed by atoms with Crippen LogP contribution in [0.3, 0.4) is 0 Å². The Labute approximate surface area is 99.2 Å². The van der Waals surface area contributed by atoms with Crippen molar-refractivity contribution in [2.75, 3.05) is 18.5 Å². The van der Waals surface area contributed by atoms with Crippen LogP contribution in [0.2, 0.25) is 0 Å². The summed E-state index contributed by atoms with van der Waals surface area (Å²) in [5.41, 5.74) is -2.30. The highest BCUT2D eigenvalue weighted by atomic mass is 19.4. The zero-order valence-electron chi connectivity index (χ0n) is 9.30. The SMILES string of the molecule is CCOC(=O)CNc1nc(C(F)(F)F)cc(=O)[nH]1. The van der Waals surface area contributed by atoms with E-state index in [4.69, 9.17) is 0 Å². The molecule has 0 aromatic carbocycles. The maximum absolute atomic E-state index is 12.3. The van der Waals surface area contributed by atoms with Gasteiger partial charge in [0.25, 0.3) is 5.56 Å². The van der Waals surface area contributed by atoms with E-state index in [9.17, 15) is 22.8 Å². The molecule has 0 aliphatic carbocycles. The lowest BCUT2D eigenvalue weighted by atomic mass is 10.4. The molecule has 0 amide bonds. The molecular weight excluding hydrogens is 255 g/mol. The Kier molecular flexibility index (Phi) is 4.29. The second-order valence-corrected chi connectivity index (χ2v) is 3.14. The van der Waals surface area contributed by atoms with E-state index in [1.807, 2.05) is 4.98 Å². The van der Waals surface area contributed by atoms with E-state index in [0.29, 0.717) is 6.07 Å². The highest BCUT2D eigenvalue weighted by Gasteiger charge is 2.33. The zero-order chi connectivity index (χ0) is 13.8. The highest BCUT2D eigenvalue weighted by molar-refractivity contribution is 5.74. The number of carbonyl (C=O) groups is 1. The van der Waals surface area contributed by atoms with Crippen LogP contribution in [0.5, 0.6) is 0 Å². The number of ether oxygens (including phenoxy) is 1. The number of aromatic amines is 1. The number of carbonyl (C=O) groups excluding carboxylic acids is 1. The van der Waals surface area contributed by atoms with E-state index in [1.165, 1.54) is 0 Å². The van der Waals surface area contributed by atoms with Gasteiger partial charge < -0.3 is 10.1 Å².